The van der Waals surface area contributed by atoms with E-state index in [-0.39, 0.29) is 46.9 Å². The van der Waals surface area contributed by atoms with Crippen LogP contribution in [-0.2, 0) is 57.9 Å². The molecule has 20 nitrogen and oxygen atoms in total. The molecule has 0 aliphatic carbocycles. The minimum atomic E-state index is -1.04. The number of primary amides is 1. The number of amides is 6. The third-order valence-corrected chi connectivity index (χ3v) is 12.1. The van der Waals surface area contributed by atoms with Gasteiger partial charge < -0.3 is 56.1 Å². The topological polar surface area (TPSA) is 261 Å². The fourth-order valence-corrected chi connectivity index (χ4v) is 7.20. The van der Waals surface area contributed by atoms with Gasteiger partial charge in [0.2, 0.25) is 11.8 Å². The molecule has 0 spiro atoms. The average molecular weight is 1010 g/mol. The molecule has 0 fully saturated rings. The van der Waals surface area contributed by atoms with E-state index in [2.05, 4.69) is 104 Å². The van der Waals surface area contributed by atoms with Gasteiger partial charge in [-0.3, -0.25) is 14.4 Å². The SMILES string of the molecule is CC(C)[C@H](NC(=O)CON=C(CSC(C)(C)C)CSC(C)(C)C)C(=O)N[C@@H](CCCNC(N)=O)C(=O)Nc1ccc(COC(=O)NCc2cn(CCOCCOCCOCCC(C)(C)C)nn2)cc1. The summed E-state index contributed by atoms with van der Waals surface area (Å²) in [6, 6.07) is 3.88. The molecule has 0 unspecified atom stereocenters. The zero-order chi connectivity index (χ0) is 51.5. The summed E-state index contributed by atoms with van der Waals surface area (Å²) in [5.74, 6) is -0.712. The predicted octanol–water partition coefficient (Wildman–Crippen LogP) is 5.64. The van der Waals surface area contributed by atoms with Crippen LogP contribution >= 0.6 is 23.5 Å². The standard InChI is InChI=1S/C47H80N10O10S2/c1-33(2)40(53-39(58)30-67-55-37(31-68-46(6,7)8)32-69-47(9,10)11)42(60)52-38(13-12-19-49-43(48)61)41(59)51-35-16-14-34(15-17-35)29-66-44(62)50-27-36-28-57(56-54-36)20-22-64-24-26-65-25-23-63-21-18-45(3,4)5/h14-17,28,33,38,40H,12-13,18-27,29-32H2,1-11H3,(H,50,62)(H,51,59)(H,52,60)(H,53,58)(H3,48,49,61)/t38-,40-/m0/s1. The largest absolute Gasteiger partial charge is 0.445 e. The summed E-state index contributed by atoms with van der Waals surface area (Å²) in [5.41, 5.74) is 7.89. The molecule has 2 aromatic rings. The van der Waals surface area contributed by atoms with Crippen molar-refractivity contribution >= 4 is 64.8 Å². The van der Waals surface area contributed by atoms with Crippen molar-refractivity contribution in [1.82, 2.24) is 36.3 Å². The van der Waals surface area contributed by atoms with Gasteiger partial charge in [0.25, 0.3) is 5.91 Å². The lowest BCUT2D eigenvalue weighted by Crippen LogP contribution is -2.55. The number of nitrogens with two attached hydrogens (primary N) is 1. The predicted molar refractivity (Wildman–Crippen MR) is 272 cm³/mol. The van der Waals surface area contributed by atoms with Crippen molar-refractivity contribution in [1.29, 1.82) is 0 Å². The molecular weight excluding hydrogens is 929 g/mol. The number of hydrogen-bond donors (Lipinski definition) is 6. The number of aromatic nitrogens is 3. The van der Waals surface area contributed by atoms with Crippen molar-refractivity contribution in [3.8, 4) is 0 Å². The van der Waals surface area contributed by atoms with Crippen molar-refractivity contribution in [3.63, 3.8) is 0 Å². The highest BCUT2D eigenvalue weighted by molar-refractivity contribution is 8.02. The molecular formula is C47H80N10O10S2. The van der Waals surface area contributed by atoms with Gasteiger partial charge in [0.05, 0.1) is 58.0 Å². The Hall–Kier alpha value is -4.64. The smallest absolute Gasteiger partial charge is 0.407 e. The number of carbonyl (C=O) groups excluding carboxylic acids is 5. The number of nitrogens with zero attached hydrogens (tertiary/aromatic N) is 4. The zero-order valence-electron chi connectivity index (χ0n) is 42.7. The second-order valence-electron chi connectivity index (χ2n) is 19.8. The molecule has 7 N–H and O–H groups in total. The Morgan fingerprint density at radius 1 is 0.797 bits per heavy atom. The van der Waals surface area contributed by atoms with Gasteiger partial charge in [-0.05, 0) is 48.3 Å². The molecule has 1 heterocycles. The minimum Gasteiger partial charge on any atom is -0.445 e. The number of thioether (sulfide) groups is 2. The number of benzene rings is 1. The monoisotopic (exact) mass is 1010 g/mol. The van der Waals surface area contributed by atoms with E-state index in [1.807, 2.05) is 0 Å². The normalized spacial score (nSPS) is 12.7. The number of alkyl carbamates (subject to hydrolysis) is 1. The van der Waals surface area contributed by atoms with Gasteiger partial charge in [0, 0.05) is 39.8 Å². The van der Waals surface area contributed by atoms with E-state index in [0.717, 1.165) is 12.1 Å². The Balaban J connectivity index is 1.86. The van der Waals surface area contributed by atoms with Crippen LogP contribution in [0.5, 0.6) is 0 Å². The third-order valence-electron chi connectivity index (χ3n) is 9.40. The molecule has 2 rings (SSSR count). The van der Waals surface area contributed by atoms with E-state index in [1.54, 1.807) is 72.5 Å². The lowest BCUT2D eigenvalue weighted by Gasteiger charge is -2.25. The summed E-state index contributed by atoms with van der Waals surface area (Å²) in [4.78, 5) is 69.5. The minimum absolute atomic E-state index is 0.0155. The summed E-state index contributed by atoms with van der Waals surface area (Å²) >= 11 is 3.46. The summed E-state index contributed by atoms with van der Waals surface area (Å²) in [6.07, 6.45) is 2.51. The Bertz CT molecular complexity index is 1860. The summed E-state index contributed by atoms with van der Waals surface area (Å²) in [5, 5.41) is 25.9. The summed E-state index contributed by atoms with van der Waals surface area (Å²) in [6.45, 7) is 26.2. The van der Waals surface area contributed by atoms with Gasteiger partial charge in [-0.25, -0.2) is 14.3 Å². The van der Waals surface area contributed by atoms with Gasteiger partial charge in [0.15, 0.2) is 6.61 Å². The fourth-order valence-electron chi connectivity index (χ4n) is 5.56. The highest BCUT2D eigenvalue weighted by Gasteiger charge is 2.29. The van der Waals surface area contributed by atoms with Crippen molar-refractivity contribution in [2.24, 2.45) is 22.2 Å². The van der Waals surface area contributed by atoms with Gasteiger partial charge in [0.1, 0.15) is 24.4 Å². The van der Waals surface area contributed by atoms with Crippen LogP contribution in [0.25, 0.3) is 0 Å². The first-order valence-corrected chi connectivity index (χ1v) is 25.4. The van der Waals surface area contributed by atoms with Crippen LogP contribution in [-0.4, -0.2) is 136 Å². The Kier molecular flexibility index (Phi) is 27.7. The first-order valence-electron chi connectivity index (χ1n) is 23.4. The van der Waals surface area contributed by atoms with Crippen LogP contribution in [0.3, 0.4) is 0 Å². The maximum absolute atomic E-state index is 13.7. The molecule has 2 atom stereocenters. The zero-order valence-corrected chi connectivity index (χ0v) is 44.3. The highest BCUT2D eigenvalue weighted by Crippen LogP contribution is 2.27. The van der Waals surface area contributed by atoms with E-state index < -0.39 is 48.5 Å². The van der Waals surface area contributed by atoms with Crippen molar-refractivity contribution in [3.05, 3.63) is 41.7 Å². The molecule has 1 aromatic carbocycles. The molecule has 0 aliphatic rings. The molecule has 0 aliphatic heterocycles. The van der Waals surface area contributed by atoms with E-state index in [4.69, 9.17) is 29.5 Å². The molecule has 22 heteroatoms. The number of nitrogens with one attached hydrogen (secondary N) is 5. The maximum Gasteiger partial charge on any atom is 0.407 e. The van der Waals surface area contributed by atoms with Gasteiger partial charge in [-0.1, -0.05) is 98.7 Å². The Labute approximate surface area is 417 Å². The van der Waals surface area contributed by atoms with Gasteiger partial charge >= 0.3 is 12.1 Å². The second kappa shape index (κ2) is 31.6. The van der Waals surface area contributed by atoms with Gasteiger partial charge in [-0.15, -0.1) is 28.6 Å². The van der Waals surface area contributed by atoms with Crippen LogP contribution < -0.4 is 32.3 Å². The number of rotatable bonds is 32. The highest BCUT2D eigenvalue weighted by atomic mass is 32.2. The Morgan fingerprint density at radius 3 is 1.99 bits per heavy atom. The molecule has 1 aromatic heterocycles. The second-order valence-corrected chi connectivity index (χ2v) is 23.4. The fraction of sp³-hybridized carbons (Fsp3) is 0.702. The number of anilines is 1. The van der Waals surface area contributed by atoms with Crippen LogP contribution in [0.2, 0.25) is 0 Å². The first-order chi connectivity index (χ1) is 32.4. The van der Waals surface area contributed by atoms with E-state index in [9.17, 15) is 24.0 Å². The van der Waals surface area contributed by atoms with Crippen LogP contribution in [0.15, 0.2) is 35.6 Å². The average Bonchev–Trinajstić information content (AvgIpc) is 3.71. The third kappa shape index (κ3) is 30.6. The Morgan fingerprint density at radius 2 is 1.41 bits per heavy atom. The quantitative estimate of drug-likeness (QED) is 0.0295. The van der Waals surface area contributed by atoms with Crippen molar-refractivity contribution in [2.75, 3.05) is 69.6 Å². The molecule has 390 valence electrons. The van der Waals surface area contributed by atoms with E-state index in [0.29, 0.717) is 81.1 Å². The van der Waals surface area contributed by atoms with Gasteiger partial charge in [-0.2, -0.15) is 0 Å². The summed E-state index contributed by atoms with van der Waals surface area (Å²) in [7, 11) is 0. The van der Waals surface area contributed by atoms with Crippen LogP contribution in [0.1, 0.15) is 107 Å². The molecule has 6 amide bonds. The lowest BCUT2D eigenvalue weighted by atomic mass is 9.93. The molecule has 0 saturated heterocycles. The van der Waals surface area contributed by atoms with Crippen LogP contribution in [0, 0.1) is 11.3 Å². The molecule has 0 radical (unpaired) electrons. The maximum atomic E-state index is 13.7. The van der Waals surface area contributed by atoms with E-state index in [1.165, 1.54) is 0 Å². The number of oxime groups is 1. The summed E-state index contributed by atoms with van der Waals surface area (Å²) < 4.78 is 23.8. The van der Waals surface area contributed by atoms with E-state index >= 15 is 0 Å². The number of hydrogen-bond acceptors (Lipinski definition) is 15. The van der Waals surface area contributed by atoms with Crippen molar-refractivity contribution in [2.45, 2.75) is 137 Å². The number of ether oxygens (including phenoxy) is 4. The van der Waals surface area contributed by atoms with Crippen LogP contribution in [0.4, 0.5) is 15.3 Å². The number of urea groups is 1. The molecule has 0 saturated carbocycles. The van der Waals surface area contributed by atoms with Crippen molar-refractivity contribution < 1.29 is 47.8 Å². The molecule has 0 bridgehead atoms. The molecule has 69 heavy (non-hydrogen) atoms. The first kappa shape index (κ1) is 60.5. The number of carbonyl (C=O) groups is 5. The lowest BCUT2D eigenvalue weighted by molar-refractivity contribution is -0.133.